The summed E-state index contributed by atoms with van der Waals surface area (Å²) in [5.41, 5.74) is 2.35. The molecule has 1 aromatic heterocycles. The van der Waals surface area contributed by atoms with E-state index >= 15 is 0 Å². The molecule has 0 aliphatic carbocycles. The van der Waals surface area contributed by atoms with Crippen molar-refractivity contribution in [1.29, 1.82) is 5.26 Å². The largest absolute Gasteiger partial charge is 0.386 e. The lowest BCUT2D eigenvalue weighted by Gasteiger charge is -2.20. The molecule has 114 valence electrons. The standard InChI is InChI=1S/C16H19N5O/c17-8-12-3-5-13(6-4-12)16(22)11-21-10-15(19-20-21)14-2-1-7-18-9-14/h3-6,10,14,16,18,22H,1-2,7,9,11H2. The van der Waals surface area contributed by atoms with Gasteiger partial charge in [-0.2, -0.15) is 5.26 Å². The SMILES string of the molecule is N#Cc1ccc(C(O)Cn2cc(C3CCCNC3)nn2)cc1. The van der Waals surface area contributed by atoms with Crippen LogP contribution in [0.5, 0.6) is 0 Å². The van der Waals surface area contributed by atoms with Crippen molar-refractivity contribution >= 4 is 0 Å². The number of aromatic nitrogens is 3. The maximum absolute atomic E-state index is 10.3. The predicted octanol–water partition coefficient (Wildman–Crippen LogP) is 1.35. The molecule has 2 aromatic rings. The summed E-state index contributed by atoms with van der Waals surface area (Å²) in [7, 11) is 0. The Bertz CT molecular complexity index is 652. The summed E-state index contributed by atoms with van der Waals surface area (Å²) in [5.74, 6) is 0.412. The summed E-state index contributed by atoms with van der Waals surface area (Å²) in [4.78, 5) is 0. The van der Waals surface area contributed by atoms with Gasteiger partial charge in [-0.25, -0.2) is 4.68 Å². The third-order valence-corrected chi connectivity index (χ3v) is 4.06. The third-order valence-electron chi connectivity index (χ3n) is 4.06. The molecule has 0 spiro atoms. The highest BCUT2D eigenvalue weighted by atomic mass is 16.3. The van der Waals surface area contributed by atoms with E-state index in [1.807, 2.05) is 6.20 Å². The summed E-state index contributed by atoms with van der Waals surface area (Å²) >= 11 is 0. The average Bonchev–Trinajstić information content (AvgIpc) is 3.04. The molecule has 1 fully saturated rings. The molecule has 1 aliphatic rings. The monoisotopic (exact) mass is 297 g/mol. The van der Waals surface area contributed by atoms with Gasteiger partial charge in [0, 0.05) is 18.7 Å². The summed E-state index contributed by atoms with van der Waals surface area (Å²) in [6.07, 6.45) is 3.55. The number of hydrogen-bond acceptors (Lipinski definition) is 5. The van der Waals surface area contributed by atoms with Crippen LogP contribution in [0.15, 0.2) is 30.5 Å². The van der Waals surface area contributed by atoms with E-state index in [9.17, 15) is 5.11 Å². The highest BCUT2D eigenvalue weighted by Crippen LogP contribution is 2.21. The van der Waals surface area contributed by atoms with E-state index in [0.29, 0.717) is 18.0 Å². The van der Waals surface area contributed by atoms with E-state index in [-0.39, 0.29) is 0 Å². The highest BCUT2D eigenvalue weighted by molar-refractivity contribution is 5.32. The Labute approximate surface area is 129 Å². The zero-order valence-electron chi connectivity index (χ0n) is 12.3. The van der Waals surface area contributed by atoms with Crippen LogP contribution in [0.25, 0.3) is 0 Å². The fourth-order valence-corrected chi connectivity index (χ4v) is 2.76. The van der Waals surface area contributed by atoms with Crippen LogP contribution in [0.4, 0.5) is 0 Å². The first-order valence-corrected chi connectivity index (χ1v) is 7.55. The van der Waals surface area contributed by atoms with Crippen LogP contribution in [0.2, 0.25) is 0 Å². The van der Waals surface area contributed by atoms with E-state index in [1.165, 1.54) is 0 Å². The topological polar surface area (TPSA) is 86.8 Å². The molecule has 2 unspecified atom stereocenters. The van der Waals surface area contributed by atoms with Crippen LogP contribution in [0.1, 0.15) is 41.7 Å². The van der Waals surface area contributed by atoms with Gasteiger partial charge in [0.2, 0.25) is 0 Å². The Morgan fingerprint density at radius 1 is 1.41 bits per heavy atom. The van der Waals surface area contributed by atoms with Gasteiger partial charge < -0.3 is 10.4 Å². The molecule has 6 heteroatoms. The minimum atomic E-state index is -0.660. The van der Waals surface area contributed by atoms with Crippen molar-refractivity contribution in [2.75, 3.05) is 13.1 Å². The van der Waals surface area contributed by atoms with Gasteiger partial charge in [0.1, 0.15) is 0 Å². The number of nitriles is 1. The van der Waals surface area contributed by atoms with E-state index in [2.05, 4.69) is 21.7 Å². The number of hydrogen-bond donors (Lipinski definition) is 2. The second-order valence-corrected chi connectivity index (χ2v) is 5.66. The van der Waals surface area contributed by atoms with Crippen molar-refractivity contribution in [2.24, 2.45) is 0 Å². The first-order valence-electron chi connectivity index (χ1n) is 7.55. The Morgan fingerprint density at radius 2 is 2.23 bits per heavy atom. The molecular weight excluding hydrogens is 278 g/mol. The molecule has 0 bridgehead atoms. The molecule has 1 aliphatic heterocycles. The molecule has 2 heterocycles. The van der Waals surface area contributed by atoms with Crippen molar-refractivity contribution in [3.05, 3.63) is 47.3 Å². The van der Waals surface area contributed by atoms with Gasteiger partial charge in [-0.15, -0.1) is 5.10 Å². The molecule has 1 saturated heterocycles. The Balaban J connectivity index is 1.64. The Hall–Kier alpha value is -2.23. The van der Waals surface area contributed by atoms with Crippen LogP contribution in [0.3, 0.4) is 0 Å². The van der Waals surface area contributed by atoms with Crippen LogP contribution >= 0.6 is 0 Å². The van der Waals surface area contributed by atoms with Crippen LogP contribution in [-0.2, 0) is 6.54 Å². The number of aliphatic hydroxyl groups excluding tert-OH is 1. The van der Waals surface area contributed by atoms with E-state index in [4.69, 9.17) is 5.26 Å². The quantitative estimate of drug-likeness (QED) is 0.889. The fourth-order valence-electron chi connectivity index (χ4n) is 2.76. The van der Waals surface area contributed by atoms with Crippen LogP contribution < -0.4 is 5.32 Å². The number of aliphatic hydroxyl groups is 1. The molecule has 2 N–H and O–H groups in total. The van der Waals surface area contributed by atoms with E-state index in [0.717, 1.165) is 37.2 Å². The van der Waals surface area contributed by atoms with Crippen LogP contribution in [0, 0.1) is 11.3 Å². The zero-order chi connectivity index (χ0) is 15.4. The first-order chi connectivity index (χ1) is 10.8. The lowest BCUT2D eigenvalue weighted by Crippen LogP contribution is -2.28. The molecule has 0 saturated carbocycles. The van der Waals surface area contributed by atoms with Gasteiger partial charge in [0.05, 0.1) is 30.0 Å². The van der Waals surface area contributed by atoms with Crippen molar-refractivity contribution in [3.63, 3.8) is 0 Å². The predicted molar refractivity (Wildman–Crippen MR) is 81.0 cm³/mol. The number of nitrogens with one attached hydrogen (secondary N) is 1. The number of piperidine rings is 1. The van der Waals surface area contributed by atoms with Crippen molar-refractivity contribution in [1.82, 2.24) is 20.3 Å². The molecule has 0 amide bonds. The van der Waals surface area contributed by atoms with Crippen molar-refractivity contribution in [2.45, 2.75) is 31.4 Å². The van der Waals surface area contributed by atoms with Crippen molar-refractivity contribution < 1.29 is 5.11 Å². The molecule has 2 atom stereocenters. The molecule has 6 nitrogen and oxygen atoms in total. The van der Waals surface area contributed by atoms with Crippen LogP contribution in [-0.4, -0.2) is 33.2 Å². The van der Waals surface area contributed by atoms with Gasteiger partial charge in [0.15, 0.2) is 0 Å². The minimum absolute atomic E-state index is 0.360. The van der Waals surface area contributed by atoms with E-state index in [1.54, 1.807) is 28.9 Å². The lowest BCUT2D eigenvalue weighted by atomic mass is 9.97. The summed E-state index contributed by atoms with van der Waals surface area (Å²) < 4.78 is 1.69. The molecule has 22 heavy (non-hydrogen) atoms. The molecule has 3 rings (SSSR count). The summed E-state index contributed by atoms with van der Waals surface area (Å²) in [6, 6.07) is 9.02. The third kappa shape index (κ3) is 3.32. The lowest BCUT2D eigenvalue weighted by molar-refractivity contribution is 0.150. The molecule has 0 radical (unpaired) electrons. The van der Waals surface area contributed by atoms with Gasteiger partial charge in [-0.05, 0) is 37.1 Å². The second kappa shape index (κ2) is 6.69. The van der Waals surface area contributed by atoms with Crippen molar-refractivity contribution in [3.8, 4) is 6.07 Å². The second-order valence-electron chi connectivity index (χ2n) is 5.66. The summed E-state index contributed by atoms with van der Waals surface area (Å²) in [6.45, 7) is 2.37. The Kier molecular flexibility index (Phi) is 4.47. The molecular formula is C16H19N5O. The zero-order valence-corrected chi connectivity index (χ0v) is 12.3. The van der Waals surface area contributed by atoms with Gasteiger partial charge >= 0.3 is 0 Å². The fraction of sp³-hybridized carbons (Fsp3) is 0.438. The highest BCUT2D eigenvalue weighted by Gasteiger charge is 2.19. The maximum atomic E-state index is 10.3. The first kappa shape index (κ1) is 14.7. The van der Waals surface area contributed by atoms with Gasteiger partial charge in [-0.3, -0.25) is 0 Å². The normalized spacial score (nSPS) is 19.5. The van der Waals surface area contributed by atoms with Gasteiger partial charge in [-0.1, -0.05) is 17.3 Å². The summed E-state index contributed by atoms with van der Waals surface area (Å²) in [5, 5.41) is 30.8. The number of nitrogens with zero attached hydrogens (tertiary/aromatic N) is 4. The van der Waals surface area contributed by atoms with Gasteiger partial charge in [0.25, 0.3) is 0 Å². The van der Waals surface area contributed by atoms with E-state index < -0.39 is 6.10 Å². The smallest absolute Gasteiger partial charge is 0.0991 e. The molecule has 1 aromatic carbocycles. The minimum Gasteiger partial charge on any atom is -0.386 e. The number of rotatable bonds is 4. The maximum Gasteiger partial charge on any atom is 0.0991 e. The average molecular weight is 297 g/mol. The Morgan fingerprint density at radius 3 is 2.91 bits per heavy atom. The number of benzene rings is 1.